The van der Waals surface area contributed by atoms with Crippen LogP contribution in [0.5, 0.6) is 0 Å². The Kier molecular flexibility index (Phi) is 11.2. The van der Waals surface area contributed by atoms with Crippen LogP contribution in [-0.4, -0.2) is 69.0 Å². The number of hydrogen-bond acceptors (Lipinski definition) is 6. The van der Waals surface area contributed by atoms with Crippen LogP contribution < -0.4 is 21.7 Å². The first-order valence-electron chi connectivity index (χ1n) is 13.7. The molecule has 5 atom stereocenters. The van der Waals surface area contributed by atoms with Crippen LogP contribution >= 0.6 is 0 Å². The van der Waals surface area contributed by atoms with Gasteiger partial charge < -0.3 is 36.9 Å². The van der Waals surface area contributed by atoms with Gasteiger partial charge in [-0.15, -0.1) is 0 Å². The summed E-state index contributed by atoms with van der Waals surface area (Å²) < 4.78 is 0. The molecule has 0 aliphatic rings. The molecular formula is C30H37N5O7. The topological polar surface area (TPSA) is 204 Å². The van der Waals surface area contributed by atoms with Crippen molar-refractivity contribution in [2.75, 3.05) is 0 Å². The zero-order valence-electron chi connectivity index (χ0n) is 23.5. The van der Waals surface area contributed by atoms with Crippen LogP contribution in [0.3, 0.4) is 0 Å². The van der Waals surface area contributed by atoms with E-state index in [1.807, 2.05) is 31.2 Å². The molecule has 0 aliphatic heterocycles. The lowest BCUT2D eigenvalue weighted by Crippen LogP contribution is -2.59. The summed E-state index contributed by atoms with van der Waals surface area (Å²) in [6.07, 6.45) is 1.61. The van der Waals surface area contributed by atoms with Gasteiger partial charge in [0.2, 0.25) is 17.7 Å². The number of nitrogens with one attached hydrogen (secondary N) is 4. The van der Waals surface area contributed by atoms with Gasteiger partial charge >= 0.3 is 11.9 Å². The third-order valence-corrected chi connectivity index (χ3v) is 7.15. The Morgan fingerprint density at radius 2 is 1.48 bits per heavy atom. The molecule has 3 aromatic rings. The number of para-hydroxylation sites is 1. The Labute approximate surface area is 243 Å². The van der Waals surface area contributed by atoms with Gasteiger partial charge in [0.1, 0.15) is 18.1 Å². The summed E-state index contributed by atoms with van der Waals surface area (Å²) in [6, 6.07) is 11.1. The van der Waals surface area contributed by atoms with E-state index in [0.717, 1.165) is 16.5 Å². The van der Waals surface area contributed by atoms with E-state index in [1.165, 1.54) is 0 Å². The van der Waals surface area contributed by atoms with E-state index in [4.69, 9.17) is 5.73 Å². The van der Waals surface area contributed by atoms with Crippen LogP contribution in [0.25, 0.3) is 10.9 Å². The predicted octanol–water partition coefficient (Wildman–Crippen LogP) is 1.34. The number of carbonyl (C=O) groups is 5. The number of carbonyl (C=O) groups excluding carboxylic acids is 3. The second-order valence-corrected chi connectivity index (χ2v) is 10.3. The SMILES string of the molecule is CCC(C)C(NC(=O)C(N)Cc1c[nH]c2ccccc12)C(=O)NC(CC(=O)O)C(=O)NC(Cc1ccccc1)C(=O)O. The summed E-state index contributed by atoms with van der Waals surface area (Å²) >= 11 is 0. The van der Waals surface area contributed by atoms with Crippen LogP contribution in [0.2, 0.25) is 0 Å². The normalized spacial score (nSPS) is 14.6. The number of carboxylic acids is 2. The first-order valence-corrected chi connectivity index (χ1v) is 13.7. The Bertz CT molecular complexity index is 1410. The molecule has 224 valence electrons. The van der Waals surface area contributed by atoms with Gasteiger partial charge in [-0.3, -0.25) is 19.2 Å². The zero-order valence-corrected chi connectivity index (χ0v) is 23.5. The maximum absolute atomic E-state index is 13.3. The van der Waals surface area contributed by atoms with Gasteiger partial charge in [-0.1, -0.05) is 68.8 Å². The number of nitrogens with two attached hydrogens (primary N) is 1. The van der Waals surface area contributed by atoms with Crippen LogP contribution in [0.4, 0.5) is 0 Å². The molecule has 8 N–H and O–H groups in total. The number of fused-ring (bicyclic) bond motifs is 1. The van der Waals surface area contributed by atoms with E-state index in [9.17, 15) is 34.2 Å². The van der Waals surface area contributed by atoms with Gasteiger partial charge in [-0.05, 0) is 29.5 Å². The van der Waals surface area contributed by atoms with Crippen molar-refractivity contribution in [1.29, 1.82) is 0 Å². The highest BCUT2D eigenvalue weighted by Gasteiger charge is 2.33. The number of rotatable bonds is 15. The first-order chi connectivity index (χ1) is 20.0. The number of carboxylic acid groups (broad SMARTS) is 2. The maximum Gasteiger partial charge on any atom is 0.326 e. The molecule has 0 bridgehead atoms. The minimum Gasteiger partial charge on any atom is -0.481 e. The molecule has 0 saturated heterocycles. The van der Waals surface area contributed by atoms with Gasteiger partial charge in [0.25, 0.3) is 0 Å². The van der Waals surface area contributed by atoms with Crippen molar-refractivity contribution in [1.82, 2.24) is 20.9 Å². The van der Waals surface area contributed by atoms with Gasteiger partial charge in [0.15, 0.2) is 0 Å². The number of benzene rings is 2. The van der Waals surface area contributed by atoms with E-state index in [0.29, 0.717) is 12.0 Å². The molecule has 1 heterocycles. The highest BCUT2D eigenvalue weighted by atomic mass is 16.4. The molecule has 0 saturated carbocycles. The van der Waals surface area contributed by atoms with Gasteiger partial charge in [0, 0.05) is 23.5 Å². The van der Waals surface area contributed by atoms with Gasteiger partial charge in [-0.2, -0.15) is 0 Å². The van der Waals surface area contributed by atoms with Crippen molar-refractivity contribution >= 4 is 40.6 Å². The highest BCUT2D eigenvalue weighted by Crippen LogP contribution is 2.19. The number of aromatic amines is 1. The van der Waals surface area contributed by atoms with Crippen LogP contribution in [0.1, 0.15) is 37.8 Å². The summed E-state index contributed by atoms with van der Waals surface area (Å²) in [7, 11) is 0. The molecule has 5 unspecified atom stereocenters. The molecule has 0 spiro atoms. The van der Waals surface area contributed by atoms with E-state index in [2.05, 4.69) is 20.9 Å². The number of hydrogen-bond donors (Lipinski definition) is 7. The fraction of sp³-hybridized carbons (Fsp3) is 0.367. The lowest BCUT2D eigenvalue weighted by atomic mass is 9.96. The summed E-state index contributed by atoms with van der Waals surface area (Å²) in [4.78, 5) is 65.9. The van der Waals surface area contributed by atoms with Crippen molar-refractivity contribution in [3.8, 4) is 0 Å². The number of amides is 3. The van der Waals surface area contributed by atoms with Crippen molar-refractivity contribution in [3.05, 3.63) is 71.9 Å². The van der Waals surface area contributed by atoms with Crippen molar-refractivity contribution in [3.63, 3.8) is 0 Å². The third-order valence-electron chi connectivity index (χ3n) is 7.15. The average Bonchev–Trinajstić information content (AvgIpc) is 3.37. The minimum atomic E-state index is -1.59. The molecule has 3 amide bonds. The summed E-state index contributed by atoms with van der Waals surface area (Å²) in [6.45, 7) is 3.54. The number of aromatic nitrogens is 1. The fourth-order valence-corrected chi connectivity index (χ4v) is 4.56. The molecule has 0 aliphatic carbocycles. The van der Waals surface area contributed by atoms with E-state index in [-0.39, 0.29) is 12.8 Å². The molecule has 1 aromatic heterocycles. The van der Waals surface area contributed by atoms with Crippen LogP contribution in [-0.2, 0) is 36.8 Å². The Morgan fingerprint density at radius 3 is 2.12 bits per heavy atom. The molecule has 0 radical (unpaired) electrons. The minimum absolute atomic E-state index is 0.0461. The van der Waals surface area contributed by atoms with Gasteiger partial charge in [-0.25, -0.2) is 4.79 Å². The Balaban J connectivity index is 1.71. The first kappa shape index (κ1) is 31.8. The molecule has 0 fully saturated rings. The molecule has 42 heavy (non-hydrogen) atoms. The number of H-pyrrole nitrogens is 1. The second-order valence-electron chi connectivity index (χ2n) is 10.3. The molecule has 2 aromatic carbocycles. The Hall–Kier alpha value is -4.71. The van der Waals surface area contributed by atoms with Crippen molar-refractivity contribution < 1.29 is 34.2 Å². The lowest BCUT2D eigenvalue weighted by molar-refractivity contribution is -0.143. The van der Waals surface area contributed by atoms with Gasteiger partial charge in [0.05, 0.1) is 12.5 Å². The summed E-state index contributed by atoms with van der Waals surface area (Å²) in [5.41, 5.74) is 8.57. The highest BCUT2D eigenvalue weighted by molar-refractivity contribution is 5.96. The van der Waals surface area contributed by atoms with E-state index >= 15 is 0 Å². The third kappa shape index (κ3) is 8.64. The molecular weight excluding hydrogens is 542 g/mol. The van der Waals surface area contributed by atoms with Crippen LogP contribution in [0.15, 0.2) is 60.8 Å². The van der Waals surface area contributed by atoms with Crippen molar-refractivity contribution in [2.24, 2.45) is 11.7 Å². The number of aliphatic carboxylic acids is 2. The van der Waals surface area contributed by atoms with E-state index in [1.54, 1.807) is 43.5 Å². The molecule has 12 nitrogen and oxygen atoms in total. The quantitative estimate of drug-likeness (QED) is 0.140. The zero-order chi connectivity index (χ0) is 30.8. The largest absolute Gasteiger partial charge is 0.481 e. The second kappa shape index (κ2) is 14.8. The van der Waals surface area contributed by atoms with Crippen LogP contribution in [0, 0.1) is 5.92 Å². The van der Waals surface area contributed by atoms with E-state index < -0.39 is 66.2 Å². The summed E-state index contributed by atoms with van der Waals surface area (Å²) in [5, 5.41) is 27.4. The Morgan fingerprint density at radius 1 is 0.833 bits per heavy atom. The standard InChI is InChI=1S/C30H37N5O7/c1-3-17(2)26(35-27(38)21(31)14-19-16-32-22-12-8-7-11-20(19)22)29(40)33-23(15-25(36)37)28(39)34-24(30(41)42)13-18-9-5-4-6-10-18/h4-12,16-17,21,23-24,26,32H,3,13-15,31H2,1-2H3,(H,33,40)(H,34,39)(H,35,38)(H,36,37)(H,41,42). The lowest BCUT2D eigenvalue weighted by Gasteiger charge is -2.27. The van der Waals surface area contributed by atoms with Crippen molar-refractivity contribution in [2.45, 2.75) is 63.7 Å². The molecule has 3 rings (SSSR count). The average molecular weight is 580 g/mol. The monoisotopic (exact) mass is 579 g/mol. The maximum atomic E-state index is 13.3. The fourth-order valence-electron chi connectivity index (χ4n) is 4.56. The predicted molar refractivity (Wildman–Crippen MR) is 155 cm³/mol. The smallest absolute Gasteiger partial charge is 0.326 e. The molecule has 12 heteroatoms. The summed E-state index contributed by atoms with van der Waals surface area (Å²) in [5.74, 6) is -5.44.